The molecule has 1 aromatic heterocycles. The molecule has 1 unspecified atom stereocenters. The van der Waals surface area contributed by atoms with Crippen LogP contribution in [0.5, 0.6) is 0 Å². The number of para-hydroxylation sites is 1. The highest BCUT2D eigenvalue weighted by molar-refractivity contribution is 6.04. The van der Waals surface area contributed by atoms with Crippen LogP contribution in [0.4, 0.5) is 5.69 Å². The number of β-amino-alcohol motifs (C(OH)–C–C–N with tert-alkyl or cyclic N) is 1. The Morgan fingerprint density at radius 1 is 1.29 bits per heavy atom. The molecule has 1 aliphatic rings. The van der Waals surface area contributed by atoms with Crippen molar-refractivity contribution < 1.29 is 9.90 Å². The highest BCUT2D eigenvalue weighted by atomic mass is 16.3. The first-order valence-electron chi connectivity index (χ1n) is 5.58. The van der Waals surface area contributed by atoms with Crippen LogP contribution in [-0.4, -0.2) is 28.6 Å². The van der Waals surface area contributed by atoms with Crippen molar-refractivity contribution in [1.82, 2.24) is 4.98 Å². The fraction of sp³-hybridized carbons (Fsp3) is 0.231. The molecule has 86 valence electrons. The van der Waals surface area contributed by atoms with Crippen molar-refractivity contribution in [2.24, 2.45) is 0 Å². The van der Waals surface area contributed by atoms with E-state index in [0.717, 1.165) is 16.6 Å². The molecule has 3 rings (SSSR count). The van der Waals surface area contributed by atoms with Gasteiger partial charge in [0.15, 0.2) is 0 Å². The molecule has 1 N–H and O–H groups in total. The monoisotopic (exact) mass is 228 g/mol. The second kappa shape index (κ2) is 3.82. The number of anilines is 1. The van der Waals surface area contributed by atoms with Crippen molar-refractivity contribution in [3.8, 4) is 0 Å². The summed E-state index contributed by atoms with van der Waals surface area (Å²) in [4.78, 5) is 17.7. The van der Waals surface area contributed by atoms with Crippen molar-refractivity contribution in [3.63, 3.8) is 0 Å². The van der Waals surface area contributed by atoms with Gasteiger partial charge in [-0.2, -0.15) is 0 Å². The number of fused-ring (bicyclic) bond motifs is 1. The third kappa shape index (κ3) is 1.66. The minimum Gasteiger partial charge on any atom is -0.391 e. The Kier molecular flexibility index (Phi) is 2.30. The zero-order valence-corrected chi connectivity index (χ0v) is 9.21. The highest BCUT2D eigenvalue weighted by Crippen LogP contribution is 2.28. The van der Waals surface area contributed by atoms with Gasteiger partial charge in [-0.3, -0.25) is 9.78 Å². The Bertz CT molecular complexity index is 577. The normalized spacial score (nSPS) is 20.2. The lowest BCUT2D eigenvalue weighted by molar-refractivity contribution is -0.117. The molecule has 0 bridgehead atoms. The molecule has 1 fully saturated rings. The minimum absolute atomic E-state index is 0.0335. The van der Waals surface area contributed by atoms with Crippen molar-refractivity contribution in [2.45, 2.75) is 12.5 Å². The zero-order valence-electron chi connectivity index (χ0n) is 9.21. The molecule has 0 radical (unpaired) electrons. The van der Waals surface area contributed by atoms with Gasteiger partial charge in [0.1, 0.15) is 0 Å². The molecule has 17 heavy (non-hydrogen) atoms. The third-order valence-corrected chi connectivity index (χ3v) is 3.02. The molecule has 0 saturated carbocycles. The first kappa shape index (κ1) is 10.2. The molecule has 1 saturated heterocycles. The van der Waals surface area contributed by atoms with Gasteiger partial charge in [-0.25, -0.2) is 0 Å². The smallest absolute Gasteiger partial charge is 0.229 e. The van der Waals surface area contributed by atoms with Crippen molar-refractivity contribution >= 4 is 22.5 Å². The topological polar surface area (TPSA) is 53.4 Å². The van der Waals surface area contributed by atoms with Crippen LogP contribution in [-0.2, 0) is 4.79 Å². The maximum Gasteiger partial charge on any atom is 0.229 e. The first-order chi connectivity index (χ1) is 8.25. The zero-order chi connectivity index (χ0) is 11.8. The van der Waals surface area contributed by atoms with E-state index < -0.39 is 6.10 Å². The van der Waals surface area contributed by atoms with Gasteiger partial charge in [0.2, 0.25) is 5.91 Å². The van der Waals surface area contributed by atoms with E-state index in [2.05, 4.69) is 4.98 Å². The number of carbonyl (C=O) groups excluding carboxylic acids is 1. The average Bonchev–Trinajstić information content (AvgIpc) is 2.68. The van der Waals surface area contributed by atoms with Crippen LogP contribution in [0.25, 0.3) is 10.9 Å². The number of rotatable bonds is 1. The Balaban J connectivity index is 2.14. The van der Waals surface area contributed by atoms with Gasteiger partial charge < -0.3 is 10.0 Å². The van der Waals surface area contributed by atoms with Gasteiger partial charge >= 0.3 is 0 Å². The molecule has 4 heteroatoms. The molecule has 1 atom stereocenters. The predicted octanol–water partition coefficient (Wildman–Crippen LogP) is 1.33. The summed E-state index contributed by atoms with van der Waals surface area (Å²) in [5.41, 5.74) is 1.69. The molecule has 1 amide bonds. The lowest BCUT2D eigenvalue weighted by Gasteiger charge is -2.17. The van der Waals surface area contributed by atoms with E-state index in [0.29, 0.717) is 6.54 Å². The van der Waals surface area contributed by atoms with Crippen LogP contribution in [0.2, 0.25) is 0 Å². The van der Waals surface area contributed by atoms with Crippen molar-refractivity contribution in [2.75, 3.05) is 11.4 Å². The molecule has 0 aliphatic carbocycles. The standard InChI is InChI=1S/C13H12N2O2/c16-9-7-13(17)15(8-9)12-5-6-14-11-4-2-1-3-10(11)12/h1-6,9,16H,7-8H2. The molecule has 1 aliphatic heterocycles. The number of aromatic nitrogens is 1. The SMILES string of the molecule is O=C1CC(O)CN1c1ccnc2ccccc12. The highest BCUT2D eigenvalue weighted by Gasteiger charge is 2.29. The van der Waals surface area contributed by atoms with E-state index >= 15 is 0 Å². The van der Waals surface area contributed by atoms with Crippen LogP contribution in [0, 0.1) is 0 Å². The summed E-state index contributed by atoms with van der Waals surface area (Å²) in [6, 6.07) is 9.51. The number of carbonyl (C=O) groups is 1. The van der Waals surface area contributed by atoms with Gasteiger partial charge in [0.25, 0.3) is 0 Å². The second-order valence-electron chi connectivity index (χ2n) is 4.21. The molecule has 2 aromatic rings. The van der Waals surface area contributed by atoms with Gasteiger partial charge in [-0.1, -0.05) is 18.2 Å². The van der Waals surface area contributed by atoms with Crippen LogP contribution in [0.15, 0.2) is 36.5 Å². The number of hydrogen-bond acceptors (Lipinski definition) is 3. The van der Waals surface area contributed by atoms with Gasteiger partial charge in [0, 0.05) is 11.6 Å². The summed E-state index contributed by atoms with van der Waals surface area (Å²) >= 11 is 0. The van der Waals surface area contributed by atoms with Crippen molar-refractivity contribution in [1.29, 1.82) is 0 Å². The molecule has 1 aromatic carbocycles. The van der Waals surface area contributed by atoms with E-state index in [1.54, 1.807) is 11.1 Å². The lowest BCUT2D eigenvalue weighted by atomic mass is 10.2. The van der Waals surface area contributed by atoms with E-state index in [1.165, 1.54) is 0 Å². The van der Waals surface area contributed by atoms with Gasteiger partial charge in [0.05, 0.1) is 30.3 Å². The predicted molar refractivity (Wildman–Crippen MR) is 64.7 cm³/mol. The Morgan fingerprint density at radius 2 is 2.12 bits per heavy atom. The van der Waals surface area contributed by atoms with Crippen LogP contribution < -0.4 is 4.90 Å². The Morgan fingerprint density at radius 3 is 2.88 bits per heavy atom. The molecular weight excluding hydrogens is 216 g/mol. The molecule has 2 heterocycles. The number of aliphatic hydroxyl groups is 1. The van der Waals surface area contributed by atoms with E-state index in [9.17, 15) is 9.90 Å². The summed E-state index contributed by atoms with van der Waals surface area (Å²) in [5, 5.41) is 10.5. The second-order valence-corrected chi connectivity index (χ2v) is 4.21. The van der Waals surface area contributed by atoms with Gasteiger partial charge in [-0.05, 0) is 12.1 Å². The average molecular weight is 228 g/mol. The maximum atomic E-state index is 11.8. The van der Waals surface area contributed by atoms with E-state index in [1.807, 2.05) is 30.3 Å². The maximum absolute atomic E-state index is 11.8. The Hall–Kier alpha value is -1.94. The lowest BCUT2D eigenvalue weighted by Crippen LogP contribution is -2.25. The molecule has 4 nitrogen and oxygen atoms in total. The minimum atomic E-state index is -0.561. The molecular formula is C13H12N2O2. The number of pyridine rings is 1. The summed E-state index contributed by atoms with van der Waals surface area (Å²) in [6.45, 7) is 0.368. The van der Waals surface area contributed by atoms with Crippen LogP contribution >= 0.6 is 0 Å². The quantitative estimate of drug-likeness (QED) is 0.801. The summed E-state index contributed by atoms with van der Waals surface area (Å²) in [5.74, 6) is -0.0335. The van der Waals surface area contributed by atoms with E-state index in [4.69, 9.17) is 0 Å². The number of benzene rings is 1. The van der Waals surface area contributed by atoms with Crippen LogP contribution in [0.3, 0.4) is 0 Å². The number of aliphatic hydroxyl groups excluding tert-OH is 1. The van der Waals surface area contributed by atoms with Crippen molar-refractivity contribution in [3.05, 3.63) is 36.5 Å². The van der Waals surface area contributed by atoms with Crippen LogP contribution in [0.1, 0.15) is 6.42 Å². The molecule has 0 spiro atoms. The number of nitrogens with zero attached hydrogens (tertiary/aromatic N) is 2. The van der Waals surface area contributed by atoms with E-state index in [-0.39, 0.29) is 12.3 Å². The fourth-order valence-electron chi connectivity index (χ4n) is 2.24. The summed E-state index contributed by atoms with van der Waals surface area (Å²) in [6.07, 6.45) is 1.33. The fourth-order valence-corrected chi connectivity index (χ4v) is 2.24. The summed E-state index contributed by atoms with van der Waals surface area (Å²) in [7, 11) is 0. The summed E-state index contributed by atoms with van der Waals surface area (Å²) < 4.78 is 0. The largest absolute Gasteiger partial charge is 0.391 e. The number of hydrogen-bond donors (Lipinski definition) is 1. The Labute approximate surface area is 98.5 Å². The third-order valence-electron chi connectivity index (χ3n) is 3.02. The van der Waals surface area contributed by atoms with Gasteiger partial charge in [-0.15, -0.1) is 0 Å². The number of amides is 1. The first-order valence-corrected chi connectivity index (χ1v) is 5.58.